The Hall–Kier alpha value is -2.25. The molecule has 0 aliphatic heterocycles. The molecule has 0 amide bonds. The van der Waals surface area contributed by atoms with Crippen molar-refractivity contribution in [3.05, 3.63) is 69.7 Å². The summed E-state index contributed by atoms with van der Waals surface area (Å²) in [4.78, 5) is 23.9. The number of nitriles is 1. The van der Waals surface area contributed by atoms with E-state index < -0.39 is 0 Å². The third-order valence-electron chi connectivity index (χ3n) is 3.17. The van der Waals surface area contributed by atoms with Gasteiger partial charge in [-0.25, -0.2) is 0 Å². The summed E-state index contributed by atoms with van der Waals surface area (Å²) in [5, 5.41) is 8.72. The average molecular weight is 356 g/mol. The number of hydrogen-bond donors (Lipinski definition) is 0. The molecular weight excluding hydrogens is 342 g/mol. The maximum atomic E-state index is 11.9. The normalized spacial score (nSPS) is 10.0. The molecule has 0 spiro atoms. The fraction of sp³-hybridized carbons (Fsp3) is 0.167. The molecule has 0 saturated carbocycles. The van der Waals surface area contributed by atoms with Gasteiger partial charge in [0.25, 0.3) is 0 Å². The third-order valence-corrected chi connectivity index (χ3v) is 3.66. The first-order valence-corrected chi connectivity index (χ1v) is 7.63. The van der Waals surface area contributed by atoms with Crippen LogP contribution in [0.1, 0.15) is 23.1 Å². The van der Waals surface area contributed by atoms with E-state index in [9.17, 15) is 9.59 Å². The van der Waals surface area contributed by atoms with Crippen molar-refractivity contribution in [2.75, 3.05) is 0 Å². The van der Waals surface area contributed by atoms with Crippen molar-refractivity contribution in [3.8, 4) is 6.07 Å². The molecule has 2 aromatic carbocycles. The zero-order valence-electron chi connectivity index (χ0n) is 11.9. The van der Waals surface area contributed by atoms with Gasteiger partial charge in [0.15, 0.2) is 0 Å². The van der Waals surface area contributed by atoms with E-state index in [-0.39, 0.29) is 30.8 Å². The van der Waals surface area contributed by atoms with E-state index in [1.165, 1.54) is 0 Å². The van der Waals surface area contributed by atoms with Crippen LogP contribution < -0.4 is 0 Å². The Balaban J connectivity index is 1.88. The number of Topliss-reactive ketones (excluding diaryl/α,β-unsaturated/α-hetero) is 2. The van der Waals surface area contributed by atoms with E-state index >= 15 is 0 Å². The first-order valence-electron chi connectivity index (χ1n) is 6.83. The number of hydrogen-bond acceptors (Lipinski definition) is 3. The number of ketones is 2. The summed E-state index contributed by atoms with van der Waals surface area (Å²) in [6, 6.07) is 16.4. The van der Waals surface area contributed by atoms with Crippen molar-refractivity contribution in [1.29, 1.82) is 5.26 Å². The number of carbonyl (C=O) groups is 2. The third kappa shape index (κ3) is 4.94. The van der Waals surface area contributed by atoms with Crippen molar-refractivity contribution in [2.45, 2.75) is 19.3 Å². The number of halogens is 1. The summed E-state index contributed by atoms with van der Waals surface area (Å²) in [5.74, 6) is -0.193. The van der Waals surface area contributed by atoms with Gasteiger partial charge in [0.2, 0.25) is 0 Å². The number of benzene rings is 2. The molecule has 0 saturated heterocycles. The fourth-order valence-corrected chi connectivity index (χ4v) is 2.59. The van der Waals surface area contributed by atoms with Crippen LogP contribution in [0.2, 0.25) is 0 Å². The molecule has 2 aromatic rings. The van der Waals surface area contributed by atoms with Gasteiger partial charge in [0.05, 0.1) is 18.1 Å². The van der Waals surface area contributed by atoms with Gasteiger partial charge in [-0.15, -0.1) is 0 Å². The molecule has 0 radical (unpaired) electrons. The van der Waals surface area contributed by atoms with Crippen LogP contribution in [0.25, 0.3) is 0 Å². The highest BCUT2D eigenvalue weighted by Gasteiger charge is 2.11. The van der Waals surface area contributed by atoms with Crippen LogP contribution in [0.3, 0.4) is 0 Å². The maximum absolute atomic E-state index is 11.9. The second-order valence-electron chi connectivity index (χ2n) is 5.05. The van der Waals surface area contributed by atoms with Crippen LogP contribution in [-0.2, 0) is 22.4 Å². The number of rotatable bonds is 6. The molecule has 0 aromatic heterocycles. The van der Waals surface area contributed by atoms with Gasteiger partial charge < -0.3 is 0 Å². The highest BCUT2D eigenvalue weighted by atomic mass is 79.9. The second kappa shape index (κ2) is 7.67. The van der Waals surface area contributed by atoms with E-state index in [4.69, 9.17) is 5.26 Å². The standard InChI is InChI=1S/C18H14BrNO2/c19-16-3-1-2-15(8-16)10-18(22)11-17(21)9-13-4-6-14(12-20)7-5-13/h1-8H,9-11H2. The van der Waals surface area contributed by atoms with E-state index in [2.05, 4.69) is 15.9 Å². The average Bonchev–Trinajstić information content (AvgIpc) is 2.47. The van der Waals surface area contributed by atoms with Crippen molar-refractivity contribution < 1.29 is 9.59 Å². The highest BCUT2D eigenvalue weighted by molar-refractivity contribution is 9.10. The number of carbonyl (C=O) groups excluding carboxylic acids is 2. The van der Waals surface area contributed by atoms with Gasteiger partial charge in [-0.1, -0.05) is 40.2 Å². The molecule has 0 aliphatic carbocycles. The summed E-state index contributed by atoms with van der Waals surface area (Å²) in [6.07, 6.45) is 0.418. The first-order chi connectivity index (χ1) is 10.6. The molecule has 3 nitrogen and oxygen atoms in total. The van der Waals surface area contributed by atoms with E-state index in [0.717, 1.165) is 15.6 Å². The van der Waals surface area contributed by atoms with Gasteiger partial charge in [-0.2, -0.15) is 5.26 Å². The Morgan fingerprint density at radius 2 is 1.59 bits per heavy atom. The largest absolute Gasteiger partial charge is 0.299 e. The zero-order valence-corrected chi connectivity index (χ0v) is 13.5. The fourth-order valence-electron chi connectivity index (χ4n) is 2.14. The first kappa shape index (κ1) is 16.1. The van der Waals surface area contributed by atoms with Gasteiger partial charge in [0, 0.05) is 17.3 Å². The van der Waals surface area contributed by atoms with Crippen molar-refractivity contribution >= 4 is 27.5 Å². The molecule has 22 heavy (non-hydrogen) atoms. The summed E-state index contributed by atoms with van der Waals surface area (Å²) < 4.78 is 0.918. The Labute approximate surface area is 137 Å². The van der Waals surface area contributed by atoms with E-state index in [0.29, 0.717) is 5.56 Å². The van der Waals surface area contributed by atoms with Crippen molar-refractivity contribution in [1.82, 2.24) is 0 Å². The van der Waals surface area contributed by atoms with Gasteiger partial charge in [-0.3, -0.25) is 9.59 Å². The monoisotopic (exact) mass is 355 g/mol. The van der Waals surface area contributed by atoms with Gasteiger partial charge in [-0.05, 0) is 35.4 Å². The Morgan fingerprint density at radius 3 is 2.18 bits per heavy atom. The molecular formula is C18H14BrNO2. The Morgan fingerprint density at radius 1 is 0.955 bits per heavy atom. The predicted molar refractivity (Wildman–Crippen MR) is 87.3 cm³/mol. The lowest BCUT2D eigenvalue weighted by molar-refractivity contribution is -0.126. The Bertz CT molecular complexity index is 729. The summed E-state index contributed by atoms with van der Waals surface area (Å²) in [7, 11) is 0. The lowest BCUT2D eigenvalue weighted by Crippen LogP contribution is -2.12. The summed E-state index contributed by atoms with van der Waals surface area (Å²) in [6.45, 7) is 0. The maximum Gasteiger partial charge on any atom is 0.144 e. The summed E-state index contributed by atoms with van der Waals surface area (Å²) >= 11 is 3.36. The highest BCUT2D eigenvalue weighted by Crippen LogP contribution is 2.13. The van der Waals surface area contributed by atoms with Crippen LogP contribution in [0.4, 0.5) is 0 Å². The van der Waals surface area contributed by atoms with E-state index in [1.807, 2.05) is 30.3 Å². The topological polar surface area (TPSA) is 57.9 Å². The Kier molecular flexibility index (Phi) is 5.62. The lowest BCUT2D eigenvalue weighted by atomic mass is 10.0. The van der Waals surface area contributed by atoms with Crippen LogP contribution in [0.5, 0.6) is 0 Å². The van der Waals surface area contributed by atoms with Crippen LogP contribution in [0.15, 0.2) is 53.0 Å². The quantitative estimate of drug-likeness (QED) is 0.743. The summed E-state index contributed by atoms with van der Waals surface area (Å²) in [5.41, 5.74) is 2.27. The minimum atomic E-state index is -0.107. The minimum absolute atomic E-state index is 0.0630. The van der Waals surface area contributed by atoms with Crippen LogP contribution in [-0.4, -0.2) is 11.6 Å². The van der Waals surface area contributed by atoms with Gasteiger partial charge >= 0.3 is 0 Å². The SMILES string of the molecule is N#Cc1ccc(CC(=O)CC(=O)Cc2cccc(Br)c2)cc1. The molecule has 4 heteroatoms. The molecule has 0 atom stereocenters. The molecule has 0 aliphatic rings. The minimum Gasteiger partial charge on any atom is -0.299 e. The molecule has 0 unspecified atom stereocenters. The smallest absolute Gasteiger partial charge is 0.144 e. The number of nitrogens with zero attached hydrogens (tertiary/aromatic N) is 1. The molecule has 0 bridgehead atoms. The molecule has 0 fully saturated rings. The van der Waals surface area contributed by atoms with Crippen molar-refractivity contribution in [3.63, 3.8) is 0 Å². The van der Waals surface area contributed by atoms with Crippen molar-refractivity contribution in [2.24, 2.45) is 0 Å². The predicted octanol–water partition coefficient (Wildman–Crippen LogP) is 3.63. The second-order valence-corrected chi connectivity index (χ2v) is 5.96. The van der Waals surface area contributed by atoms with Crippen LogP contribution in [0, 0.1) is 11.3 Å². The van der Waals surface area contributed by atoms with E-state index in [1.54, 1.807) is 24.3 Å². The van der Waals surface area contributed by atoms with Gasteiger partial charge in [0.1, 0.15) is 11.6 Å². The lowest BCUT2D eigenvalue weighted by Gasteiger charge is -2.03. The van der Waals surface area contributed by atoms with Crippen LogP contribution >= 0.6 is 15.9 Å². The molecule has 0 heterocycles. The molecule has 0 N–H and O–H groups in total. The zero-order chi connectivity index (χ0) is 15.9. The molecule has 2 rings (SSSR count). The molecule has 110 valence electrons.